The number of rotatable bonds is 1. The molecule has 1 aliphatic rings. The topological polar surface area (TPSA) is 17.1 Å². The van der Waals surface area contributed by atoms with Gasteiger partial charge in [-0.25, -0.2) is 8.78 Å². The van der Waals surface area contributed by atoms with Crippen LogP contribution in [0.5, 0.6) is 0 Å². The fraction of sp³-hybridized carbons (Fsp3) is 0.571. The highest BCUT2D eigenvalue weighted by atomic mass is 19.3. The van der Waals surface area contributed by atoms with Crippen LogP contribution in [0, 0.1) is 0 Å². The first-order valence-corrected chi connectivity index (χ1v) is 3.16. The van der Waals surface area contributed by atoms with E-state index in [2.05, 4.69) is 0 Å². The van der Waals surface area contributed by atoms with Crippen LogP contribution in [0.3, 0.4) is 0 Å². The monoisotopic (exact) mass is 146 g/mol. The lowest BCUT2D eigenvalue weighted by Gasteiger charge is -2.19. The van der Waals surface area contributed by atoms with Crippen LogP contribution in [0.15, 0.2) is 11.6 Å². The van der Waals surface area contributed by atoms with E-state index in [4.69, 9.17) is 0 Å². The van der Waals surface area contributed by atoms with Gasteiger partial charge in [-0.15, -0.1) is 0 Å². The van der Waals surface area contributed by atoms with Gasteiger partial charge in [0, 0.05) is 12.8 Å². The molecule has 0 bridgehead atoms. The van der Waals surface area contributed by atoms with Gasteiger partial charge < -0.3 is 0 Å². The number of carbonyl (C=O) groups is 1. The molecule has 0 aromatic heterocycles. The van der Waals surface area contributed by atoms with Crippen molar-refractivity contribution in [2.75, 3.05) is 0 Å². The summed E-state index contributed by atoms with van der Waals surface area (Å²) >= 11 is 0. The minimum Gasteiger partial charge on any atom is -0.298 e. The second-order valence-corrected chi connectivity index (χ2v) is 2.47. The minimum atomic E-state index is -2.65. The van der Waals surface area contributed by atoms with Crippen LogP contribution < -0.4 is 0 Å². The van der Waals surface area contributed by atoms with E-state index in [0.29, 0.717) is 12.7 Å². The van der Waals surface area contributed by atoms with Gasteiger partial charge in [-0.1, -0.05) is 6.08 Å². The van der Waals surface area contributed by atoms with Crippen molar-refractivity contribution in [3.63, 3.8) is 0 Å². The molecule has 0 saturated carbocycles. The van der Waals surface area contributed by atoms with Crippen LogP contribution in [-0.4, -0.2) is 12.2 Å². The SMILES string of the molecule is O=CC1=CCCC(F)(F)C1. The van der Waals surface area contributed by atoms with Crippen LogP contribution >= 0.6 is 0 Å². The predicted octanol–water partition coefficient (Wildman–Crippen LogP) is 1.93. The Balaban J connectivity index is 2.65. The van der Waals surface area contributed by atoms with Gasteiger partial charge >= 0.3 is 0 Å². The molecule has 0 aromatic carbocycles. The van der Waals surface area contributed by atoms with E-state index in [-0.39, 0.29) is 18.4 Å². The molecule has 0 unspecified atom stereocenters. The Bertz CT molecular complexity index is 172. The van der Waals surface area contributed by atoms with Crippen molar-refractivity contribution in [2.24, 2.45) is 0 Å². The molecular formula is C7H8F2O. The number of hydrogen-bond acceptors (Lipinski definition) is 1. The van der Waals surface area contributed by atoms with Crippen molar-refractivity contribution < 1.29 is 13.6 Å². The Morgan fingerprint density at radius 2 is 2.30 bits per heavy atom. The third kappa shape index (κ3) is 1.62. The van der Waals surface area contributed by atoms with Crippen molar-refractivity contribution in [3.8, 4) is 0 Å². The van der Waals surface area contributed by atoms with E-state index >= 15 is 0 Å². The van der Waals surface area contributed by atoms with E-state index in [9.17, 15) is 13.6 Å². The molecular weight excluding hydrogens is 138 g/mol. The van der Waals surface area contributed by atoms with Crippen LogP contribution in [0.25, 0.3) is 0 Å². The summed E-state index contributed by atoms with van der Waals surface area (Å²) in [7, 11) is 0. The van der Waals surface area contributed by atoms with E-state index in [1.54, 1.807) is 6.08 Å². The Morgan fingerprint density at radius 3 is 2.70 bits per heavy atom. The molecule has 0 amide bonds. The first kappa shape index (κ1) is 7.38. The lowest BCUT2D eigenvalue weighted by atomic mass is 9.97. The molecule has 0 aliphatic heterocycles. The van der Waals surface area contributed by atoms with E-state index in [1.807, 2.05) is 0 Å². The van der Waals surface area contributed by atoms with Gasteiger partial charge in [0.1, 0.15) is 6.29 Å². The molecule has 1 aliphatic carbocycles. The van der Waals surface area contributed by atoms with E-state index in [1.165, 1.54) is 0 Å². The maximum atomic E-state index is 12.4. The quantitative estimate of drug-likeness (QED) is 0.516. The van der Waals surface area contributed by atoms with Crippen molar-refractivity contribution in [1.29, 1.82) is 0 Å². The number of carbonyl (C=O) groups excluding carboxylic acids is 1. The molecule has 56 valence electrons. The lowest BCUT2D eigenvalue weighted by Crippen LogP contribution is -2.20. The smallest absolute Gasteiger partial charge is 0.252 e. The second-order valence-electron chi connectivity index (χ2n) is 2.47. The van der Waals surface area contributed by atoms with Crippen molar-refractivity contribution >= 4 is 6.29 Å². The summed E-state index contributed by atoms with van der Waals surface area (Å²) < 4.78 is 24.9. The normalized spacial score (nSPS) is 23.6. The number of aldehydes is 1. The maximum Gasteiger partial charge on any atom is 0.252 e. The molecule has 0 spiro atoms. The highest BCUT2D eigenvalue weighted by molar-refractivity contribution is 5.73. The maximum absolute atomic E-state index is 12.4. The molecule has 0 fully saturated rings. The molecule has 0 aromatic rings. The highest BCUT2D eigenvalue weighted by Gasteiger charge is 2.31. The lowest BCUT2D eigenvalue weighted by molar-refractivity contribution is -0.106. The zero-order valence-corrected chi connectivity index (χ0v) is 5.44. The van der Waals surface area contributed by atoms with E-state index < -0.39 is 5.92 Å². The number of hydrogen-bond donors (Lipinski definition) is 0. The molecule has 1 rings (SSSR count). The van der Waals surface area contributed by atoms with Crippen molar-refractivity contribution in [2.45, 2.75) is 25.2 Å². The summed E-state index contributed by atoms with van der Waals surface area (Å²) in [6.45, 7) is 0. The molecule has 10 heavy (non-hydrogen) atoms. The van der Waals surface area contributed by atoms with Gasteiger partial charge in [-0.3, -0.25) is 4.79 Å². The zero-order chi connectivity index (χ0) is 7.61. The van der Waals surface area contributed by atoms with Crippen LogP contribution in [0.1, 0.15) is 19.3 Å². The molecule has 0 saturated heterocycles. The average Bonchev–Trinajstić information content (AvgIpc) is 1.86. The third-order valence-corrected chi connectivity index (χ3v) is 1.53. The number of alkyl halides is 2. The second kappa shape index (κ2) is 2.48. The predicted molar refractivity (Wildman–Crippen MR) is 32.9 cm³/mol. The van der Waals surface area contributed by atoms with Crippen LogP contribution in [0.2, 0.25) is 0 Å². The number of halogens is 2. The molecule has 0 heterocycles. The van der Waals surface area contributed by atoms with Gasteiger partial charge in [0.2, 0.25) is 0 Å². The number of allylic oxidation sites excluding steroid dienone is 2. The molecule has 3 heteroatoms. The zero-order valence-electron chi connectivity index (χ0n) is 5.44. The Kier molecular flexibility index (Phi) is 1.83. The van der Waals surface area contributed by atoms with Gasteiger partial charge in [0.15, 0.2) is 0 Å². The van der Waals surface area contributed by atoms with Crippen LogP contribution in [0.4, 0.5) is 8.78 Å². The van der Waals surface area contributed by atoms with Crippen molar-refractivity contribution in [1.82, 2.24) is 0 Å². The summed E-state index contributed by atoms with van der Waals surface area (Å²) in [5.41, 5.74) is 0.233. The largest absolute Gasteiger partial charge is 0.298 e. The first-order valence-electron chi connectivity index (χ1n) is 3.16. The highest BCUT2D eigenvalue weighted by Crippen LogP contribution is 2.31. The van der Waals surface area contributed by atoms with Crippen molar-refractivity contribution in [3.05, 3.63) is 11.6 Å². The summed E-state index contributed by atoms with van der Waals surface area (Å²) in [6, 6.07) is 0. The Morgan fingerprint density at radius 1 is 1.60 bits per heavy atom. The van der Waals surface area contributed by atoms with Gasteiger partial charge in [0.25, 0.3) is 5.92 Å². The fourth-order valence-electron chi connectivity index (χ4n) is 1.02. The summed E-state index contributed by atoms with van der Waals surface area (Å²) in [4.78, 5) is 10.0. The summed E-state index contributed by atoms with van der Waals surface area (Å²) in [5, 5.41) is 0. The van der Waals surface area contributed by atoms with Crippen LogP contribution in [-0.2, 0) is 4.79 Å². The van der Waals surface area contributed by atoms with Gasteiger partial charge in [-0.2, -0.15) is 0 Å². The summed E-state index contributed by atoms with van der Waals surface area (Å²) in [6.07, 6.45) is 1.90. The Labute approximate surface area is 57.7 Å². The standard InChI is InChI=1S/C7H8F2O/c8-7(9)3-1-2-6(4-7)5-10/h2,5H,1,3-4H2. The van der Waals surface area contributed by atoms with Gasteiger partial charge in [0.05, 0.1) is 0 Å². The summed E-state index contributed by atoms with van der Waals surface area (Å²) in [5.74, 6) is -2.65. The third-order valence-electron chi connectivity index (χ3n) is 1.53. The first-order chi connectivity index (χ1) is 4.64. The van der Waals surface area contributed by atoms with Gasteiger partial charge in [-0.05, 0) is 12.0 Å². The molecule has 0 N–H and O–H groups in total. The van der Waals surface area contributed by atoms with E-state index in [0.717, 1.165) is 0 Å². The molecule has 0 radical (unpaired) electrons. The minimum absolute atomic E-state index is 0.121. The molecule has 0 atom stereocenters. The Hall–Kier alpha value is -0.730. The molecule has 1 nitrogen and oxygen atoms in total. The average molecular weight is 146 g/mol. The fourth-order valence-corrected chi connectivity index (χ4v) is 1.02.